The summed E-state index contributed by atoms with van der Waals surface area (Å²) in [6.45, 7) is 0. The first-order valence-electron chi connectivity index (χ1n) is 5.91. The van der Waals surface area contributed by atoms with Crippen molar-refractivity contribution in [3.63, 3.8) is 0 Å². The highest BCUT2D eigenvalue weighted by molar-refractivity contribution is 5.85. The van der Waals surface area contributed by atoms with E-state index in [0.717, 1.165) is 17.5 Å². The average molecular weight is 277 g/mol. The van der Waals surface area contributed by atoms with Crippen LogP contribution in [0.1, 0.15) is 5.56 Å². The van der Waals surface area contributed by atoms with E-state index in [1.54, 1.807) is 18.2 Å². The molecule has 0 amide bonds. The molecule has 102 valence electrons. The number of hydrogen-bond donors (Lipinski definition) is 1. The number of nitrogen functional groups attached to an aromatic ring is 1. The zero-order chi connectivity index (χ0) is 14.3. The molecule has 2 N–H and O–H groups in total. The molecule has 0 radical (unpaired) electrons. The fraction of sp³-hybridized carbons (Fsp3) is 0.0667. The van der Waals surface area contributed by atoms with E-state index in [1.807, 2.05) is 12.1 Å². The van der Waals surface area contributed by atoms with E-state index in [9.17, 15) is 13.2 Å². The van der Waals surface area contributed by atoms with Crippen LogP contribution in [-0.4, -0.2) is 0 Å². The molecular weight excluding hydrogens is 267 g/mol. The minimum atomic E-state index is -4.41. The molecule has 0 aliphatic heterocycles. The monoisotopic (exact) mass is 277 g/mol. The largest absolute Gasteiger partial charge is 0.456 e. The molecule has 0 saturated heterocycles. The van der Waals surface area contributed by atoms with Crippen molar-refractivity contribution in [2.24, 2.45) is 0 Å². The molecule has 3 rings (SSSR count). The Hall–Kier alpha value is -2.43. The van der Waals surface area contributed by atoms with Crippen LogP contribution in [0.25, 0.3) is 22.3 Å². The van der Waals surface area contributed by atoms with Gasteiger partial charge in [0.2, 0.25) is 0 Å². The van der Waals surface area contributed by atoms with Crippen LogP contribution in [0.15, 0.2) is 52.9 Å². The lowest BCUT2D eigenvalue weighted by Crippen LogP contribution is -2.05. The molecule has 0 fully saturated rings. The van der Waals surface area contributed by atoms with Crippen molar-refractivity contribution in [1.82, 2.24) is 0 Å². The van der Waals surface area contributed by atoms with Gasteiger partial charge in [0, 0.05) is 16.6 Å². The van der Waals surface area contributed by atoms with E-state index in [2.05, 4.69) is 0 Å². The number of fused-ring (bicyclic) bond motifs is 1. The van der Waals surface area contributed by atoms with Crippen LogP contribution in [0, 0.1) is 0 Å². The number of anilines is 1. The van der Waals surface area contributed by atoms with Gasteiger partial charge in [0.05, 0.1) is 5.56 Å². The number of benzene rings is 2. The third kappa shape index (κ3) is 2.11. The van der Waals surface area contributed by atoms with E-state index in [-0.39, 0.29) is 11.3 Å². The van der Waals surface area contributed by atoms with E-state index in [4.69, 9.17) is 10.2 Å². The van der Waals surface area contributed by atoms with Crippen LogP contribution in [0.3, 0.4) is 0 Å². The van der Waals surface area contributed by atoms with Crippen molar-refractivity contribution in [2.45, 2.75) is 6.18 Å². The second kappa shape index (κ2) is 4.30. The van der Waals surface area contributed by atoms with Crippen molar-refractivity contribution in [1.29, 1.82) is 0 Å². The lowest BCUT2D eigenvalue weighted by molar-refractivity contribution is -0.137. The smallest absolute Gasteiger partial charge is 0.416 e. The Bertz CT molecular complexity index is 741. The van der Waals surface area contributed by atoms with Gasteiger partial charge < -0.3 is 10.2 Å². The van der Waals surface area contributed by atoms with Crippen LogP contribution < -0.4 is 5.73 Å². The summed E-state index contributed by atoms with van der Waals surface area (Å²) in [4.78, 5) is 0. The highest BCUT2D eigenvalue weighted by Crippen LogP contribution is 2.36. The first-order chi connectivity index (χ1) is 9.45. The molecule has 0 bridgehead atoms. The van der Waals surface area contributed by atoms with E-state index < -0.39 is 11.7 Å². The number of hydrogen-bond acceptors (Lipinski definition) is 2. The lowest BCUT2D eigenvalue weighted by Gasteiger charge is -2.09. The van der Waals surface area contributed by atoms with Crippen LogP contribution in [0.4, 0.5) is 18.9 Å². The third-order valence-corrected chi connectivity index (χ3v) is 3.07. The molecule has 5 heteroatoms. The van der Waals surface area contributed by atoms with Gasteiger partial charge in [-0.3, -0.25) is 0 Å². The minimum absolute atomic E-state index is 0.246. The standard InChI is InChI=1S/C15H10F3NO/c16-15(17,18)10-5-6-12(19)11(8-10)14-7-9-3-1-2-4-13(9)20-14/h1-8H,19H2. The second-order valence-corrected chi connectivity index (χ2v) is 4.45. The van der Waals surface area contributed by atoms with Crippen molar-refractivity contribution >= 4 is 16.7 Å². The van der Waals surface area contributed by atoms with Crippen molar-refractivity contribution in [3.8, 4) is 11.3 Å². The van der Waals surface area contributed by atoms with Crippen LogP contribution >= 0.6 is 0 Å². The van der Waals surface area contributed by atoms with Gasteiger partial charge in [-0.1, -0.05) is 18.2 Å². The summed E-state index contributed by atoms with van der Waals surface area (Å²) in [5, 5.41) is 0.819. The Labute approximate surface area is 112 Å². The Balaban J connectivity index is 2.17. The summed E-state index contributed by atoms with van der Waals surface area (Å²) in [5.74, 6) is 0.329. The Morgan fingerprint density at radius 2 is 1.70 bits per heavy atom. The zero-order valence-corrected chi connectivity index (χ0v) is 10.2. The Kier molecular flexibility index (Phi) is 2.71. The molecule has 3 aromatic rings. The van der Waals surface area contributed by atoms with Crippen molar-refractivity contribution in [2.75, 3.05) is 5.73 Å². The number of rotatable bonds is 1. The molecule has 0 aliphatic rings. The molecule has 0 atom stereocenters. The van der Waals surface area contributed by atoms with Crippen LogP contribution in [0.5, 0.6) is 0 Å². The highest BCUT2D eigenvalue weighted by Gasteiger charge is 2.31. The summed E-state index contributed by atoms with van der Waals surface area (Å²) < 4.78 is 43.8. The number of halogens is 3. The van der Waals surface area contributed by atoms with Gasteiger partial charge in [0.1, 0.15) is 11.3 Å². The molecule has 20 heavy (non-hydrogen) atoms. The summed E-state index contributed by atoms with van der Waals surface area (Å²) >= 11 is 0. The number of para-hydroxylation sites is 1. The van der Waals surface area contributed by atoms with Gasteiger partial charge in [0.15, 0.2) is 0 Å². The van der Waals surface area contributed by atoms with Gasteiger partial charge in [-0.15, -0.1) is 0 Å². The number of nitrogens with two attached hydrogens (primary N) is 1. The molecular formula is C15H10F3NO. The molecule has 0 spiro atoms. The summed E-state index contributed by atoms with van der Waals surface area (Å²) in [5.41, 5.74) is 6.12. The Morgan fingerprint density at radius 1 is 0.950 bits per heavy atom. The molecule has 1 aromatic heterocycles. The molecule has 0 aliphatic carbocycles. The summed E-state index contributed by atoms with van der Waals surface area (Å²) in [6.07, 6.45) is -4.41. The van der Waals surface area contributed by atoms with Gasteiger partial charge in [-0.25, -0.2) is 0 Å². The second-order valence-electron chi connectivity index (χ2n) is 4.45. The van der Waals surface area contributed by atoms with E-state index in [1.165, 1.54) is 6.07 Å². The number of furan rings is 1. The van der Waals surface area contributed by atoms with Gasteiger partial charge in [-0.2, -0.15) is 13.2 Å². The van der Waals surface area contributed by atoms with Gasteiger partial charge in [0.25, 0.3) is 0 Å². The van der Waals surface area contributed by atoms with E-state index >= 15 is 0 Å². The van der Waals surface area contributed by atoms with Crippen LogP contribution in [0.2, 0.25) is 0 Å². The average Bonchev–Trinajstić information content (AvgIpc) is 2.81. The van der Waals surface area contributed by atoms with Crippen molar-refractivity contribution < 1.29 is 17.6 Å². The summed E-state index contributed by atoms with van der Waals surface area (Å²) in [7, 11) is 0. The topological polar surface area (TPSA) is 39.2 Å². The normalized spacial score (nSPS) is 11.9. The molecule has 2 aromatic carbocycles. The predicted octanol–water partition coefficient (Wildman–Crippen LogP) is 4.70. The minimum Gasteiger partial charge on any atom is -0.456 e. The highest BCUT2D eigenvalue weighted by atomic mass is 19.4. The predicted molar refractivity (Wildman–Crippen MR) is 71.1 cm³/mol. The lowest BCUT2D eigenvalue weighted by atomic mass is 10.1. The van der Waals surface area contributed by atoms with Gasteiger partial charge >= 0.3 is 6.18 Å². The maximum Gasteiger partial charge on any atom is 0.416 e. The van der Waals surface area contributed by atoms with Crippen LogP contribution in [-0.2, 0) is 6.18 Å². The van der Waals surface area contributed by atoms with E-state index in [0.29, 0.717) is 11.3 Å². The maximum atomic E-state index is 12.7. The zero-order valence-electron chi connectivity index (χ0n) is 10.2. The van der Waals surface area contributed by atoms with Gasteiger partial charge in [-0.05, 0) is 30.3 Å². The number of alkyl halides is 3. The first kappa shape index (κ1) is 12.6. The Morgan fingerprint density at radius 3 is 2.40 bits per heavy atom. The fourth-order valence-corrected chi connectivity index (χ4v) is 2.06. The maximum absolute atomic E-state index is 12.7. The summed E-state index contributed by atoms with van der Waals surface area (Å²) in [6, 6.07) is 12.1. The van der Waals surface area contributed by atoms with Crippen molar-refractivity contribution in [3.05, 3.63) is 54.1 Å². The molecule has 0 unspecified atom stereocenters. The third-order valence-electron chi connectivity index (χ3n) is 3.07. The quantitative estimate of drug-likeness (QED) is 0.655. The molecule has 0 saturated carbocycles. The first-order valence-corrected chi connectivity index (χ1v) is 5.91. The molecule has 2 nitrogen and oxygen atoms in total. The SMILES string of the molecule is Nc1ccc(C(F)(F)F)cc1-c1cc2ccccc2o1. The fourth-order valence-electron chi connectivity index (χ4n) is 2.06. The molecule has 1 heterocycles.